The van der Waals surface area contributed by atoms with Crippen molar-refractivity contribution in [3.63, 3.8) is 0 Å². The van der Waals surface area contributed by atoms with Gasteiger partial charge in [-0.15, -0.1) is 0 Å². The second-order valence-corrected chi connectivity index (χ2v) is 6.08. The summed E-state index contributed by atoms with van der Waals surface area (Å²) in [4.78, 5) is 16.5. The molecule has 2 fully saturated rings. The number of aliphatic hydroxyl groups excluding tert-OH is 1. The number of amides is 1. The summed E-state index contributed by atoms with van der Waals surface area (Å²) in [5, 5.41) is 9.14. The fourth-order valence-corrected chi connectivity index (χ4v) is 3.23. The lowest BCUT2D eigenvalue weighted by Crippen LogP contribution is -2.49. The standard InChI is InChI=1S/C15H28N2O2/c1-16(13-6-3-2-4-7-13)15(19)12-17(10-11-18)14-8-5-9-14/h13-14,18H,2-12H2,1H3. The molecule has 0 spiro atoms. The number of hydrogen-bond donors (Lipinski definition) is 1. The molecule has 0 saturated heterocycles. The van der Waals surface area contributed by atoms with Crippen molar-refractivity contribution in [3.8, 4) is 0 Å². The Kier molecular flexibility index (Phi) is 5.64. The Balaban J connectivity index is 1.82. The first-order valence-corrected chi connectivity index (χ1v) is 7.83. The van der Waals surface area contributed by atoms with Gasteiger partial charge in [0.25, 0.3) is 0 Å². The fourth-order valence-electron chi connectivity index (χ4n) is 3.23. The van der Waals surface area contributed by atoms with Gasteiger partial charge in [-0.2, -0.15) is 0 Å². The summed E-state index contributed by atoms with van der Waals surface area (Å²) < 4.78 is 0. The lowest BCUT2D eigenvalue weighted by molar-refractivity contribution is -0.135. The normalized spacial score (nSPS) is 21.4. The van der Waals surface area contributed by atoms with Gasteiger partial charge >= 0.3 is 0 Å². The molecule has 0 aromatic heterocycles. The molecule has 19 heavy (non-hydrogen) atoms. The first-order valence-electron chi connectivity index (χ1n) is 7.83. The van der Waals surface area contributed by atoms with E-state index < -0.39 is 0 Å². The molecule has 0 aliphatic heterocycles. The van der Waals surface area contributed by atoms with Crippen molar-refractivity contribution >= 4 is 5.91 Å². The van der Waals surface area contributed by atoms with Crippen LogP contribution in [0, 0.1) is 0 Å². The van der Waals surface area contributed by atoms with Crippen LogP contribution in [0.25, 0.3) is 0 Å². The molecule has 2 saturated carbocycles. The molecule has 0 radical (unpaired) electrons. The zero-order chi connectivity index (χ0) is 13.7. The first-order chi connectivity index (χ1) is 9.22. The fraction of sp³-hybridized carbons (Fsp3) is 0.933. The van der Waals surface area contributed by atoms with E-state index in [1.807, 2.05) is 11.9 Å². The number of likely N-dealkylation sites (N-methyl/N-ethyl adjacent to an activating group) is 1. The molecule has 0 aromatic rings. The summed E-state index contributed by atoms with van der Waals surface area (Å²) in [5.41, 5.74) is 0. The van der Waals surface area contributed by atoms with Crippen LogP contribution in [-0.4, -0.2) is 59.6 Å². The Bertz CT molecular complexity index is 286. The Morgan fingerprint density at radius 1 is 1.05 bits per heavy atom. The van der Waals surface area contributed by atoms with Gasteiger partial charge in [0.05, 0.1) is 13.2 Å². The second-order valence-electron chi connectivity index (χ2n) is 6.08. The highest BCUT2D eigenvalue weighted by molar-refractivity contribution is 5.78. The van der Waals surface area contributed by atoms with Gasteiger partial charge in [0.15, 0.2) is 0 Å². The molecular formula is C15H28N2O2. The van der Waals surface area contributed by atoms with Crippen LogP contribution in [0.2, 0.25) is 0 Å². The molecule has 0 aromatic carbocycles. The van der Waals surface area contributed by atoms with Crippen LogP contribution in [0.1, 0.15) is 51.4 Å². The van der Waals surface area contributed by atoms with E-state index in [-0.39, 0.29) is 12.5 Å². The van der Waals surface area contributed by atoms with Crippen molar-refractivity contribution in [2.24, 2.45) is 0 Å². The number of hydrogen-bond acceptors (Lipinski definition) is 3. The van der Waals surface area contributed by atoms with E-state index in [1.54, 1.807) is 0 Å². The van der Waals surface area contributed by atoms with Gasteiger partial charge in [0.1, 0.15) is 0 Å². The van der Waals surface area contributed by atoms with Crippen LogP contribution < -0.4 is 0 Å². The van der Waals surface area contributed by atoms with Crippen molar-refractivity contribution in [3.05, 3.63) is 0 Å². The molecule has 2 rings (SSSR count). The van der Waals surface area contributed by atoms with Crippen LogP contribution in [0.4, 0.5) is 0 Å². The molecule has 0 unspecified atom stereocenters. The average molecular weight is 268 g/mol. The van der Waals surface area contributed by atoms with E-state index in [0.29, 0.717) is 25.2 Å². The minimum Gasteiger partial charge on any atom is -0.395 e. The van der Waals surface area contributed by atoms with Gasteiger partial charge < -0.3 is 10.0 Å². The molecule has 0 atom stereocenters. The minimum atomic E-state index is 0.150. The monoisotopic (exact) mass is 268 g/mol. The summed E-state index contributed by atoms with van der Waals surface area (Å²) in [6, 6.07) is 0.967. The molecule has 0 heterocycles. The van der Waals surface area contributed by atoms with Crippen LogP contribution >= 0.6 is 0 Å². The third-order valence-electron chi connectivity index (χ3n) is 4.83. The molecule has 2 aliphatic carbocycles. The van der Waals surface area contributed by atoms with Crippen LogP contribution in [0.3, 0.4) is 0 Å². The van der Waals surface area contributed by atoms with Gasteiger partial charge in [0.2, 0.25) is 5.91 Å². The van der Waals surface area contributed by atoms with Crippen LogP contribution in [0.5, 0.6) is 0 Å². The maximum absolute atomic E-state index is 12.4. The molecule has 0 bridgehead atoms. The number of aliphatic hydroxyl groups is 1. The summed E-state index contributed by atoms with van der Waals surface area (Å²) in [5.74, 6) is 0.229. The summed E-state index contributed by atoms with van der Waals surface area (Å²) in [6.07, 6.45) is 9.77. The number of carbonyl (C=O) groups is 1. The van der Waals surface area contributed by atoms with Crippen molar-refractivity contribution in [1.82, 2.24) is 9.80 Å². The number of carbonyl (C=O) groups excluding carboxylic acids is 1. The molecule has 1 amide bonds. The zero-order valence-corrected chi connectivity index (χ0v) is 12.2. The topological polar surface area (TPSA) is 43.8 Å². The molecule has 110 valence electrons. The predicted molar refractivity (Wildman–Crippen MR) is 75.9 cm³/mol. The highest BCUT2D eigenvalue weighted by atomic mass is 16.3. The molecular weight excluding hydrogens is 240 g/mol. The molecule has 2 aliphatic rings. The Morgan fingerprint density at radius 3 is 2.21 bits per heavy atom. The highest BCUT2D eigenvalue weighted by Gasteiger charge is 2.28. The quantitative estimate of drug-likeness (QED) is 0.796. The van der Waals surface area contributed by atoms with E-state index in [4.69, 9.17) is 5.11 Å². The lowest BCUT2D eigenvalue weighted by atomic mass is 9.91. The van der Waals surface area contributed by atoms with Gasteiger partial charge in [0, 0.05) is 25.7 Å². The van der Waals surface area contributed by atoms with E-state index in [1.165, 1.54) is 38.5 Å². The Labute approximate surface area is 116 Å². The average Bonchev–Trinajstić information content (AvgIpc) is 2.37. The third kappa shape index (κ3) is 3.93. The molecule has 4 nitrogen and oxygen atoms in total. The SMILES string of the molecule is CN(C(=O)CN(CCO)C1CCC1)C1CCCCC1. The summed E-state index contributed by atoms with van der Waals surface area (Å²) in [7, 11) is 1.95. The van der Waals surface area contributed by atoms with Gasteiger partial charge in [-0.3, -0.25) is 9.69 Å². The third-order valence-corrected chi connectivity index (χ3v) is 4.83. The van der Waals surface area contributed by atoms with Crippen molar-refractivity contribution in [1.29, 1.82) is 0 Å². The maximum atomic E-state index is 12.4. The van der Waals surface area contributed by atoms with E-state index in [2.05, 4.69) is 4.90 Å². The predicted octanol–water partition coefficient (Wildman–Crippen LogP) is 1.62. The van der Waals surface area contributed by atoms with Crippen molar-refractivity contribution in [2.45, 2.75) is 63.5 Å². The highest BCUT2D eigenvalue weighted by Crippen LogP contribution is 2.25. The van der Waals surface area contributed by atoms with Crippen LogP contribution in [0.15, 0.2) is 0 Å². The summed E-state index contributed by atoms with van der Waals surface area (Å²) >= 11 is 0. The Hall–Kier alpha value is -0.610. The molecule has 4 heteroatoms. The first kappa shape index (κ1) is 14.8. The largest absolute Gasteiger partial charge is 0.395 e. The van der Waals surface area contributed by atoms with Gasteiger partial charge in [-0.1, -0.05) is 25.7 Å². The van der Waals surface area contributed by atoms with Gasteiger partial charge in [-0.05, 0) is 25.7 Å². The van der Waals surface area contributed by atoms with Crippen molar-refractivity contribution in [2.75, 3.05) is 26.7 Å². The number of nitrogens with zero attached hydrogens (tertiary/aromatic N) is 2. The Morgan fingerprint density at radius 2 is 1.68 bits per heavy atom. The molecule has 1 N–H and O–H groups in total. The van der Waals surface area contributed by atoms with E-state index in [9.17, 15) is 4.79 Å². The van der Waals surface area contributed by atoms with Crippen LogP contribution in [-0.2, 0) is 4.79 Å². The number of rotatable bonds is 6. The minimum absolute atomic E-state index is 0.150. The summed E-state index contributed by atoms with van der Waals surface area (Å²) in [6.45, 7) is 1.27. The maximum Gasteiger partial charge on any atom is 0.236 e. The van der Waals surface area contributed by atoms with Gasteiger partial charge in [-0.25, -0.2) is 0 Å². The van der Waals surface area contributed by atoms with Crippen molar-refractivity contribution < 1.29 is 9.90 Å². The van der Waals surface area contributed by atoms with E-state index >= 15 is 0 Å². The lowest BCUT2D eigenvalue weighted by Gasteiger charge is -2.39. The smallest absolute Gasteiger partial charge is 0.236 e. The zero-order valence-electron chi connectivity index (χ0n) is 12.2. The van der Waals surface area contributed by atoms with E-state index in [0.717, 1.165) is 12.8 Å². The second kappa shape index (κ2) is 7.25.